The highest BCUT2D eigenvalue weighted by Gasteiger charge is 2.26. The average Bonchev–Trinajstić information content (AvgIpc) is 2.66. The van der Waals surface area contributed by atoms with E-state index < -0.39 is 5.63 Å². The maximum atomic E-state index is 12.9. The lowest BCUT2D eigenvalue weighted by atomic mass is 9.88. The molecule has 0 saturated heterocycles. The standard InChI is InChI=1S/C23H21NO4/c1-11-9-13-7-8-15-20-14-5-4-6-17(25)21(14)18(27-3)10-16(20)23(26)28-22(15)19(13)12(2)24-11/h4-8,10-12,24-25H,9H2,1-3H3/t11-,12-/m1/s1. The lowest BCUT2D eigenvalue weighted by Gasteiger charge is -2.29. The normalized spacial score (nSPS) is 19.2. The highest BCUT2D eigenvalue weighted by atomic mass is 16.5. The zero-order valence-electron chi connectivity index (χ0n) is 16.0. The molecule has 1 aromatic heterocycles. The maximum Gasteiger partial charge on any atom is 0.344 e. The minimum absolute atomic E-state index is 0.0842. The van der Waals surface area contributed by atoms with Crippen molar-refractivity contribution >= 4 is 32.5 Å². The third-order valence-corrected chi connectivity index (χ3v) is 5.79. The van der Waals surface area contributed by atoms with Crippen LogP contribution in [0.3, 0.4) is 0 Å². The summed E-state index contributed by atoms with van der Waals surface area (Å²) in [5.41, 5.74) is 2.47. The van der Waals surface area contributed by atoms with Crippen LogP contribution in [0.15, 0.2) is 45.6 Å². The highest BCUT2D eigenvalue weighted by molar-refractivity contribution is 6.21. The molecule has 0 bridgehead atoms. The van der Waals surface area contributed by atoms with Gasteiger partial charge in [0.25, 0.3) is 0 Å². The molecule has 0 amide bonds. The van der Waals surface area contributed by atoms with Crippen LogP contribution >= 0.6 is 0 Å². The van der Waals surface area contributed by atoms with Gasteiger partial charge in [-0.15, -0.1) is 0 Å². The highest BCUT2D eigenvalue weighted by Crippen LogP contribution is 2.42. The summed E-state index contributed by atoms with van der Waals surface area (Å²) >= 11 is 0. The van der Waals surface area contributed by atoms with Crippen LogP contribution in [0.2, 0.25) is 0 Å². The number of hydrogen-bond acceptors (Lipinski definition) is 5. The summed E-state index contributed by atoms with van der Waals surface area (Å²) in [6, 6.07) is 11.6. The average molecular weight is 375 g/mol. The molecular formula is C23H21NO4. The van der Waals surface area contributed by atoms with Crippen molar-refractivity contribution in [3.8, 4) is 11.5 Å². The first-order valence-electron chi connectivity index (χ1n) is 9.46. The Labute approximate surface area is 161 Å². The fourth-order valence-corrected chi connectivity index (χ4v) is 4.69. The topological polar surface area (TPSA) is 71.7 Å². The van der Waals surface area contributed by atoms with Gasteiger partial charge in [-0.05, 0) is 43.4 Å². The van der Waals surface area contributed by atoms with E-state index in [1.54, 1.807) is 18.2 Å². The van der Waals surface area contributed by atoms with Gasteiger partial charge in [0.15, 0.2) is 0 Å². The van der Waals surface area contributed by atoms with Gasteiger partial charge in [-0.2, -0.15) is 0 Å². The zero-order chi connectivity index (χ0) is 19.6. The number of rotatable bonds is 1. The number of fused-ring (bicyclic) bond motifs is 7. The second kappa shape index (κ2) is 5.97. The Balaban J connectivity index is 2.03. The Morgan fingerprint density at radius 2 is 1.93 bits per heavy atom. The molecule has 2 heterocycles. The van der Waals surface area contributed by atoms with Crippen LogP contribution in [0.25, 0.3) is 32.5 Å². The Hall–Kier alpha value is -3.05. The maximum absolute atomic E-state index is 12.9. The summed E-state index contributed by atoms with van der Waals surface area (Å²) < 4.78 is 11.3. The molecule has 0 spiro atoms. The molecule has 2 atom stereocenters. The Kier molecular flexibility index (Phi) is 3.64. The van der Waals surface area contributed by atoms with E-state index in [1.165, 1.54) is 12.7 Å². The van der Waals surface area contributed by atoms with Gasteiger partial charge in [0, 0.05) is 28.4 Å². The van der Waals surface area contributed by atoms with E-state index in [0.29, 0.717) is 28.1 Å². The second-order valence-electron chi connectivity index (χ2n) is 7.60. The van der Waals surface area contributed by atoms with Crippen molar-refractivity contribution in [2.45, 2.75) is 32.4 Å². The van der Waals surface area contributed by atoms with Crippen LogP contribution < -0.4 is 15.7 Å². The van der Waals surface area contributed by atoms with Crippen LogP contribution in [0.1, 0.15) is 31.0 Å². The molecule has 0 saturated carbocycles. The quantitative estimate of drug-likeness (QED) is 0.381. The molecule has 4 aromatic rings. The van der Waals surface area contributed by atoms with E-state index in [0.717, 1.165) is 28.1 Å². The Morgan fingerprint density at radius 3 is 2.71 bits per heavy atom. The number of phenols is 1. The lowest BCUT2D eigenvalue weighted by molar-refractivity contribution is 0.416. The van der Waals surface area contributed by atoms with Crippen molar-refractivity contribution in [1.29, 1.82) is 0 Å². The van der Waals surface area contributed by atoms with E-state index in [4.69, 9.17) is 9.15 Å². The number of hydrogen-bond donors (Lipinski definition) is 2. The number of ether oxygens (including phenoxy) is 1. The summed E-state index contributed by atoms with van der Waals surface area (Å²) in [7, 11) is 1.53. The lowest BCUT2D eigenvalue weighted by Crippen LogP contribution is -2.36. The van der Waals surface area contributed by atoms with E-state index in [1.807, 2.05) is 12.1 Å². The van der Waals surface area contributed by atoms with Crippen LogP contribution in [0.4, 0.5) is 0 Å². The Bertz CT molecular complexity index is 1320. The van der Waals surface area contributed by atoms with Gasteiger partial charge >= 0.3 is 5.63 Å². The molecule has 142 valence electrons. The van der Waals surface area contributed by atoms with E-state index in [2.05, 4.69) is 25.2 Å². The Morgan fingerprint density at radius 1 is 1.11 bits per heavy atom. The molecule has 5 nitrogen and oxygen atoms in total. The van der Waals surface area contributed by atoms with Crippen LogP contribution in [-0.2, 0) is 6.42 Å². The molecule has 1 aliphatic heterocycles. The van der Waals surface area contributed by atoms with Crippen molar-refractivity contribution in [1.82, 2.24) is 5.32 Å². The van der Waals surface area contributed by atoms with Gasteiger partial charge in [0.2, 0.25) is 0 Å². The first-order chi connectivity index (χ1) is 13.5. The third-order valence-electron chi connectivity index (χ3n) is 5.79. The molecule has 0 unspecified atom stereocenters. The molecule has 5 heteroatoms. The predicted octanol–water partition coefficient (Wildman–Crippen LogP) is 4.41. The molecule has 0 aliphatic carbocycles. The summed E-state index contributed by atoms with van der Waals surface area (Å²) in [6.45, 7) is 4.25. The summed E-state index contributed by atoms with van der Waals surface area (Å²) in [5, 5.41) is 17.5. The molecule has 5 rings (SSSR count). The van der Waals surface area contributed by atoms with Crippen molar-refractivity contribution < 1.29 is 14.3 Å². The van der Waals surface area contributed by atoms with Crippen molar-refractivity contribution in [2.75, 3.05) is 7.11 Å². The fourth-order valence-electron chi connectivity index (χ4n) is 4.69. The molecular weight excluding hydrogens is 354 g/mol. The minimum atomic E-state index is -0.398. The molecule has 0 radical (unpaired) electrons. The number of phenolic OH excluding ortho intramolecular Hbond substituents is 1. The van der Waals surface area contributed by atoms with Crippen LogP contribution in [-0.4, -0.2) is 18.3 Å². The van der Waals surface area contributed by atoms with Crippen molar-refractivity contribution in [3.63, 3.8) is 0 Å². The fraction of sp³-hybridized carbons (Fsp3) is 0.261. The molecule has 1 aliphatic rings. The van der Waals surface area contributed by atoms with Gasteiger partial charge < -0.3 is 19.6 Å². The van der Waals surface area contributed by atoms with Crippen molar-refractivity contribution in [3.05, 3.63) is 57.9 Å². The molecule has 0 fully saturated rings. The molecule has 28 heavy (non-hydrogen) atoms. The largest absolute Gasteiger partial charge is 0.507 e. The van der Waals surface area contributed by atoms with Gasteiger partial charge in [-0.1, -0.05) is 24.3 Å². The van der Waals surface area contributed by atoms with Crippen LogP contribution in [0.5, 0.6) is 11.5 Å². The van der Waals surface area contributed by atoms with E-state index >= 15 is 0 Å². The van der Waals surface area contributed by atoms with Gasteiger partial charge in [-0.3, -0.25) is 0 Å². The third kappa shape index (κ3) is 2.26. The van der Waals surface area contributed by atoms with Gasteiger partial charge in [-0.25, -0.2) is 4.79 Å². The second-order valence-corrected chi connectivity index (χ2v) is 7.60. The SMILES string of the molecule is COc1cc2c(=O)oc3c4c(ccc3c2c2cccc(O)c12)C[C@@H](C)N[C@@H]4C. The van der Waals surface area contributed by atoms with Gasteiger partial charge in [0.1, 0.15) is 17.1 Å². The van der Waals surface area contributed by atoms with E-state index in [-0.39, 0.29) is 11.8 Å². The molecule has 3 aromatic carbocycles. The predicted molar refractivity (Wildman–Crippen MR) is 110 cm³/mol. The molecule has 2 N–H and O–H groups in total. The summed E-state index contributed by atoms with van der Waals surface area (Å²) in [6.07, 6.45) is 0.890. The summed E-state index contributed by atoms with van der Waals surface area (Å²) in [5.74, 6) is 0.577. The smallest absolute Gasteiger partial charge is 0.344 e. The first-order valence-corrected chi connectivity index (χ1v) is 9.46. The minimum Gasteiger partial charge on any atom is -0.507 e. The monoisotopic (exact) mass is 375 g/mol. The number of nitrogens with one attached hydrogen (secondary N) is 1. The van der Waals surface area contributed by atoms with E-state index in [9.17, 15) is 9.90 Å². The zero-order valence-corrected chi connectivity index (χ0v) is 16.0. The number of aromatic hydroxyl groups is 1. The number of methoxy groups -OCH3 is 1. The number of benzene rings is 3. The van der Waals surface area contributed by atoms with Crippen molar-refractivity contribution in [2.24, 2.45) is 0 Å². The van der Waals surface area contributed by atoms with Gasteiger partial charge in [0.05, 0.1) is 17.9 Å². The van der Waals surface area contributed by atoms with Crippen LogP contribution in [0, 0.1) is 0 Å². The first kappa shape index (κ1) is 17.1. The summed E-state index contributed by atoms with van der Waals surface area (Å²) in [4.78, 5) is 12.9.